The molecule has 0 unspecified atom stereocenters. The number of rotatable bonds is 4. The van der Waals surface area contributed by atoms with Crippen molar-refractivity contribution >= 4 is 11.8 Å². The first-order valence-electron chi connectivity index (χ1n) is 6.69. The van der Waals surface area contributed by atoms with Gasteiger partial charge in [-0.05, 0) is 26.7 Å². The number of nitrogens with zero attached hydrogens (tertiary/aromatic N) is 1. The number of nitrogens with one attached hydrogen (secondary N) is 1. The molecular formula is C14H24N2O2. The summed E-state index contributed by atoms with van der Waals surface area (Å²) in [5.41, 5.74) is 0.480. The summed E-state index contributed by atoms with van der Waals surface area (Å²) in [6.07, 6.45) is 3.70. The van der Waals surface area contributed by atoms with Crippen LogP contribution in [0.3, 0.4) is 0 Å². The highest BCUT2D eigenvalue weighted by molar-refractivity contribution is 5.93. The van der Waals surface area contributed by atoms with Crippen LogP contribution in [0.2, 0.25) is 0 Å². The fraction of sp³-hybridized carbons (Fsp3) is 0.714. The van der Waals surface area contributed by atoms with E-state index >= 15 is 0 Å². The number of allylic oxidation sites excluding steroid dienone is 1. The summed E-state index contributed by atoms with van der Waals surface area (Å²) in [4.78, 5) is 26.1. The topological polar surface area (TPSA) is 49.4 Å². The molecule has 18 heavy (non-hydrogen) atoms. The number of hydrogen-bond donors (Lipinski definition) is 1. The van der Waals surface area contributed by atoms with E-state index in [0.29, 0.717) is 32.4 Å². The van der Waals surface area contributed by atoms with E-state index in [1.807, 2.05) is 33.8 Å². The van der Waals surface area contributed by atoms with E-state index in [-0.39, 0.29) is 11.8 Å². The Labute approximate surface area is 109 Å². The van der Waals surface area contributed by atoms with Crippen molar-refractivity contribution in [3.05, 3.63) is 11.6 Å². The smallest absolute Gasteiger partial charge is 0.248 e. The van der Waals surface area contributed by atoms with Crippen LogP contribution in [-0.2, 0) is 9.59 Å². The molecule has 1 aliphatic rings. The van der Waals surface area contributed by atoms with Gasteiger partial charge >= 0.3 is 0 Å². The van der Waals surface area contributed by atoms with Crippen molar-refractivity contribution in [3.63, 3.8) is 0 Å². The zero-order valence-corrected chi connectivity index (χ0v) is 11.9. The fourth-order valence-corrected chi connectivity index (χ4v) is 2.22. The Hall–Kier alpha value is -1.32. The van der Waals surface area contributed by atoms with Gasteiger partial charge in [0.15, 0.2) is 0 Å². The minimum absolute atomic E-state index is 0.0215. The Bertz CT molecular complexity index is 353. The standard InChI is InChI=1S/C14H24N2O2/c1-5-14(6-2)13(18)16(9-7-11(3)4)10-8-12(17)15-14/h7H,5-6,8-10H2,1-4H3,(H,15,17). The lowest BCUT2D eigenvalue weighted by molar-refractivity contribution is -0.138. The van der Waals surface area contributed by atoms with Gasteiger partial charge in [0.05, 0.1) is 0 Å². The zero-order valence-electron chi connectivity index (χ0n) is 11.9. The first-order valence-corrected chi connectivity index (χ1v) is 6.69. The number of carbonyl (C=O) groups is 2. The molecule has 0 aliphatic carbocycles. The molecule has 0 aromatic heterocycles. The maximum Gasteiger partial charge on any atom is 0.248 e. The van der Waals surface area contributed by atoms with E-state index in [9.17, 15) is 9.59 Å². The Morgan fingerprint density at radius 2 is 1.94 bits per heavy atom. The Balaban J connectivity index is 2.96. The minimum atomic E-state index is -0.705. The van der Waals surface area contributed by atoms with Crippen molar-refractivity contribution in [3.8, 4) is 0 Å². The fourth-order valence-electron chi connectivity index (χ4n) is 2.22. The summed E-state index contributed by atoms with van der Waals surface area (Å²) in [6.45, 7) is 9.03. The molecule has 1 rings (SSSR count). The first-order chi connectivity index (χ1) is 8.45. The molecule has 4 nitrogen and oxygen atoms in total. The molecule has 1 N–H and O–H groups in total. The SMILES string of the molecule is CCC1(CC)NC(=O)CCN(CC=C(C)C)C1=O. The lowest BCUT2D eigenvalue weighted by Crippen LogP contribution is -2.56. The van der Waals surface area contributed by atoms with Crippen LogP contribution in [0.25, 0.3) is 0 Å². The molecule has 1 aliphatic heterocycles. The predicted octanol–water partition coefficient (Wildman–Crippen LogP) is 1.86. The van der Waals surface area contributed by atoms with E-state index in [2.05, 4.69) is 5.32 Å². The predicted molar refractivity (Wildman–Crippen MR) is 72.1 cm³/mol. The van der Waals surface area contributed by atoms with Crippen LogP contribution in [0.15, 0.2) is 11.6 Å². The summed E-state index contributed by atoms with van der Waals surface area (Å²) < 4.78 is 0. The Morgan fingerprint density at radius 1 is 1.33 bits per heavy atom. The van der Waals surface area contributed by atoms with Gasteiger partial charge in [0, 0.05) is 19.5 Å². The van der Waals surface area contributed by atoms with Crippen LogP contribution in [0.5, 0.6) is 0 Å². The third-order valence-corrected chi connectivity index (χ3v) is 3.61. The van der Waals surface area contributed by atoms with Crippen LogP contribution in [-0.4, -0.2) is 35.3 Å². The van der Waals surface area contributed by atoms with E-state index in [0.717, 1.165) is 0 Å². The molecule has 2 amide bonds. The van der Waals surface area contributed by atoms with E-state index in [4.69, 9.17) is 0 Å². The van der Waals surface area contributed by atoms with Crippen molar-refractivity contribution in [1.29, 1.82) is 0 Å². The van der Waals surface area contributed by atoms with E-state index in [1.165, 1.54) is 5.57 Å². The highest BCUT2D eigenvalue weighted by atomic mass is 16.2. The largest absolute Gasteiger partial charge is 0.342 e. The van der Waals surface area contributed by atoms with Gasteiger partial charge in [-0.2, -0.15) is 0 Å². The molecule has 0 aromatic rings. The highest BCUT2D eigenvalue weighted by Gasteiger charge is 2.41. The lowest BCUT2D eigenvalue weighted by atomic mass is 9.91. The average Bonchev–Trinajstić information content (AvgIpc) is 2.46. The first kappa shape index (κ1) is 14.7. The summed E-state index contributed by atoms with van der Waals surface area (Å²) >= 11 is 0. The molecule has 0 spiro atoms. The highest BCUT2D eigenvalue weighted by Crippen LogP contribution is 2.21. The zero-order chi connectivity index (χ0) is 13.8. The van der Waals surface area contributed by atoms with Gasteiger partial charge < -0.3 is 10.2 Å². The van der Waals surface area contributed by atoms with Gasteiger partial charge in [-0.25, -0.2) is 0 Å². The maximum absolute atomic E-state index is 12.6. The molecule has 1 heterocycles. The summed E-state index contributed by atoms with van der Waals surface area (Å²) in [5, 5.41) is 2.91. The van der Waals surface area contributed by atoms with Crippen molar-refractivity contribution < 1.29 is 9.59 Å². The summed E-state index contributed by atoms with van der Waals surface area (Å²) in [7, 11) is 0. The summed E-state index contributed by atoms with van der Waals surface area (Å²) in [6, 6.07) is 0. The molecule has 0 bridgehead atoms. The normalized spacial score (nSPS) is 19.2. The van der Waals surface area contributed by atoms with E-state index < -0.39 is 5.54 Å². The third-order valence-electron chi connectivity index (χ3n) is 3.61. The molecule has 4 heteroatoms. The second-order valence-electron chi connectivity index (χ2n) is 5.12. The van der Waals surface area contributed by atoms with Crippen LogP contribution >= 0.6 is 0 Å². The van der Waals surface area contributed by atoms with Crippen LogP contribution < -0.4 is 5.32 Å². The molecule has 0 radical (unpaired) electrons. The van der Waals surface area contributed by atoms with Gasteiger partial charge in [-0.1, -0.05) is 25.5 Å². The molecule has 0 saturated carbocycles. The molecule has 1 fully saturated rings. The van der Waals surface area contributed by atoms with Crippen molar-refractivity contribution in [2.45, 2.75) is 52.5 Å². The molecule has 0 atom stereocenters. The van der Waals surface area contributed by atoms with Crippen molar-refractivity contribution in [2.24, 2.45) is 0 Å². The monoisotopic (exact) mass is 252 g/mol. The number of hydrogen-bond acceptors (Lipinski definition) is 2. The molecule has 102 valence electrons. The number of amides is 2. The van der Waals surface area contributed by atoms with Gasteiger partial charge in [-0.3, -0.25) is 9.59 Å². The second kappa shape index (κ2) is 6.03. The maximum atomic E-state index is 12.6. The van der Waals surface area contributed by atoms with Crippen LogP contribution in [0.4, 0.5) is 0 Å². The van der Waals surface area contributed by atoms with Crippen molar-refractivity contribution in [1.82, 2.24) is 10.2 Å². The Kier molecular flexibility index (Phi) is 4.93. The quantitative estimate of drug-likeness (QED) is 0.776. The lowest BCUT2D eigenvalue weighted by Gasteiger charge is -2.33. The van der Waals surface area contributed by atoms with Gasteiger partial charge in [-0.15, -0.1) is 0 Å². The second-order valence-corrected chi connectivity index (χ2v) is 5.12. The van der Waals surface area contributed by atoms with Gasteiger partial charge in [0.2, 0.25) is 11.8 Å². The molecule has 1 saturated heterocycles. The third kappa shape index (κ3) is 3.12. The van der Waals surface area contributed by atoms with Crippen LogP contribution in [0, 0.1) is 0 Å². The van der Waals surface area contributed by atoms with Crippen LogP contribution in [0.1, 0.15) is 47.0 Å². The van der Waals surface area contributed by atoms with Gasteiger partial charge in [0.25, 0.3) is 0 Å². The molecular weight excluding hydrogens is 228 g/mol. The summed E-state index contributed by atoms with van der Waals surface area (Å²) in [5.74, 6) is 0.0302. The number of carbonyl (C=O) groups excluding carboxylic acids is 2. The minimum Gasteiger partial charge on any atom is -0.342 e. The van der Waals surface area contributed by atoms with Crippen molar-refractivity contribution in [2.75, 3.05) is 13.1 Å². The Morgan fingerprint density at radius 3 is 2.44 bits per heavy atom. The van der Waals surface area contributed by atoms with Gasteiger partial charge in [0.1, 0.15) is 5.54 Å². The van der Waals surface area contributed by atoms with E-state index in [1.54, 1.807) is 4.90 Å². The molecule has 0 aromatic carbocycles. The average molecular weight is 252 g/mol.